The van der Waals surface area contributed by atoms with E-state index in [1.54, 1.807) is 12.4 Å². The zero-order chi connectivity index (χ0) is 23.1. The van der Waals surface area contributed by atoms with E-state index < -0.39 is 8.07 Å². The first kappa shape index (κ1) is 26.4. The Balaban J connectivity index is 0.000000583. The Morgan fingerprint density at radius 2 is 1.12 bits per heavy atom. The predicted molar refractivity (Wildman–Crippen MR) is 139 cm³/mol. The van der Waals surface area contributed by atoms with Gasteiger partial charge in [-0.2, -0.15) is 0 Å². The standard InChI is InChI=1S/C23H20N4.C4H11Si.Co/c1-27(2)19-11-9-17(10-12-19)18-15-22(20-7-3-5-13-24-20)26-23(16-18)21-8-4-6-14-25-21;1-5(2,3)4;/h3-16H,1-2H3;1H2,2-4H3;/q;-1;. The summed E-state index contributed by atoms with van der Waals surface area (Å²) in [5, 5.41) is 0. The van der Waals surface area contributed by atoms with Gasteiger partial charge in [0, 0.05) is 49.0 Å². The third-order valence-electron chi connectivity index (χ3n) is 4.40. The zero-order valence-electron chi connectivity index (χ0n) is 19.9. The molecule has 0 amide bonds. The van der Waals surface area contributed by atoms with E-state index >= 15 is 0 Å². The number of hydrogen-bond acceptors (Lipinski definition) is 4. The molecule has 6 heteroatoms. The van der Waals surface area contributed by atoms with Crippen LogP contribution in [0.5, 0.6) is 0 Å². The van der Waals surface area contributed by atoms with E-state index in [9.17, 15) is 0 Å². The minimum absolute atomic E-state index is 0. The van der Waals surface area contributed by atoms with Crippen molar-refractivity contribution in [2.24, 2.45) is 0 Å². The minimum Gasteiger partial charge on any atom is -0.378 e. The van der Waals surface area contributed by atoms with Crippen LogP contribution < -0.4 is 4.90 Å². The van der Waals surface area contributed by atoms with Gasteiger partial charge in [-0.1, -0.05) is 43.9 Å². The van der Waals surface area contributed by atoms with E-state index in [0.717, 1.165) is 33.9 Å². The second-order valence-corrected chi connectivity index (χ2v) is 14.2. The largest absolute Gasteiger partial charge is 0.378 e. The van der Waals surface area contributed by atoms with Gasteiger partial charge in [0.2, 0.25) is 0 Å². The average Bonchev–Trinajstić information content (AvgIpc) is 2.79. The van der Waals surface area contributed by atoms with Crippen molar-refractivity contribution in [3.63, 3.8) is 0 Å². The SMILES string of the molecule is CN(C)c1ccc(-c2cc(-c3ccccn3)nc(-c3ccccn3)c2)cc1.[CH2-][Si](C)(C)C.[Co]. The molecule has 0 N–H and O–H groups in total. The topological polar surface area (TPSA) is 41.9 Å². The van der Waals surface area contributed by atoms with Crippen LogP contribution >= 0.6 is 0 Å². The third kappa shape index (κ3) is 8.24. The monoisotopic (exact) mass is 498 g/mol. The van der Waals surface area contributed by atoms with Crippen molar-refractivity contribution in [1.29, 1.82) is 0 Å². The van der Waals surface area contributed by atoms with Crippen molar-refractivity contribution < 1.29 is 16.8 Å². The summed E-state index contributed by atoms with van der Waals surface area (Å²) in [6.07, 6.45) is 3.58. The summed E-state index contributed by atoms with van der Waals surface area (Å²) in [5.41, 5.74) is 6.77. The molecule has 0 saturated carbocycles. The molecule has 0 aliphatic carbocycles. The number of nitrogens with zero attached hydrogens (tertiary/aromatic N) is 4. The molecule has 3 heterocycles. The zero-order valence-corrected chi connectivity index (χ0v) is 22.0. The average molecular weight is 499 g/mol. The number of benzene rings is 1. The molecule has 0 atom stereocenters. The maximum atomic E-state index is 4.81. The molecule has 0 bridgehead atoms. The molecule has 0 spiro atoms. The Morgan fingerprint density at radius 3 is 1.48 bits per heavy atom. The van der Waals surface area contributed by atoms with Gasteiger partial charge in [-0.25, -0.2) is 4.98 Å². The summed E-state index contributed by atoms with van der Waals surface area (Å²) in [6.45, 7) is 10.6. The number of anilines is 1. The van der Waals surface area contributed by atoms with Crippen molar-refractivity contribution in [1.82, 2.24) is 15.0 Å². The number of rotatable bonds is 4. The van der Waals surface area contributed by atoms with Gasteiger partial charge in [0.15, 0.2) is 0 Å². The Labute approximate surface area is 209 Å². The van der Waals surface area contributed by atoms with Crippen molar-refractivity contribution in [3.05, 3.63) is 91.7 Å². The molecule has 1 aromatic carbocycles. The number of aromatic nitrogens is 3. The molecule has 0 unspecified atom stereocenters. The molecule has 4 rings (SSSR count). The van der Waals surface area contributed by atoms with Gasteiger partial charge in [0.25, 0.3) is 0 Å². The summed E-state index contributed by atoms with van der Waals surface area (Å²) in [5.74, 6) is 0. The molecular formula is C27H31CoN4Si-. The van der Waals surface area contributed by atoms with Crippen molar-refractivity contribution in [2.45, 2.75) is 19.6 Å². The second kappa shape index (κ2) is 11.9. The molecule has 173 valence electrons. The molecule has 0 aliphatic heterocycles. The molecule has 4 nitrogen and oxygen atoms in total. The van der Waals surface area contributed by atoms with Crippen LogP contribution in [0.3, 0.4) is 0 Å². The second-order valence-electron chi connectivity index (χ2n) is 9.06. The van der Waals surface area contributed by atoms with E-state index in [0.29, 0.717) is 0 Å². The van der Waals surface area contributed by atoms with Crippen LogP contribution in [-0.2, 0) is 16.8 Å². The smallest absolute Gasteiger partial charge is 0.0900 e. The fourth-order valence-corrected chi connectivity index (χ4v) is 2.94. The molecule has 3 aromatic heterocycles. The maximum Gasteiger partial charge on any atom is 0.0900 e. The normalized spacial score (nSPS) is 10.5. The van der Waals surface area contributed by atoms with Crippen LogP contribution in [0.25, 0.3) is 33.9 Å². The van der Waals surface area contributed by atoms with E-state index in [-0.39, 0.29) is 16.8 Å². The van der Waals surface area contributed by atoms with Gasteiger partial charge in [0.05, 0.1) is 22.8 Å². The summed E-state index contributed by atoms with van der Waals surface area (Å²) in [4.78, 5) is 15.8. The van der Waals surface area contributed by atoms with Gasteiger partial charge in [-0.15, -0.1) is 8.07 Å². The van der Waals surface area contributed by atoms with Gasteiger partial charge < -0.3 is 11.4 Å². The first-order chi connectivity index (χ1) is 15.2. The van der Waals surface area contributed by atoms with Crippen LogP contribution in [0.4, 0.5) is 5.69 Å². The Hall–Kier alpha value is -2.81. The quantitative estimate of drug-likeness (QED) is 0.234. The first-order valence-electron chi connectivity index (χ1n) is 10.7. The van der Waals surface area contributed by atoms with Crippen LogP contribution in [0, 0.1) is 6.55 Å². The predicted octanol–water partition coefficient (Wildman–Crippen LogP) is 6.63. The van der Waals surface area contributed by atoms with Crippen LogP contribution in [0.15, 0.2) is 85.2 Å². The fraction of sp³-hybridized carbons (Fsp3) is 0.185. The Kier molecular flexibility index (Phi) is 9.52. The molecule has 0 saturated heterocycles. The van der Waals surface area contributed by atoms with Gasteiger partial charge in [-0.05, 0) is 59.7 Å². The van der Waals surface area contributed by atoms with Crippen molar-refractivity contribution in [3.8, 4) is 33.9 Å². The third-order valence-corrected chi connectivity index (χ3v) is 4.40. The van der Waals surface area contributed by atoms with Crippen LogP contribution in [0.1, 0.15) is 0 Å². The fourth-order valence-electron chi connectivity index (χ4n) is 2.94. The summed E-state index contributed by atoms with van der Waals surface area (Å²) >= 11 is 0. The van der Waals surface area contributed by atoms with Gasteiger partial charge in [-0.3, -0.25) is 9.97 Å². The molecule has 33 heavy (non-hydrogen) atoms. The molecular weight excluding hydrogens is 467 g/mol. The molecule has 4 aromatic rings. The summed E-state index contributed by atoms with van der Waals surface area (Å²) in [6, 6.07) is 24.4. The van der Waals surface area contributed by atoms with E-state index in [2.05, 4.69) is 77.5 Å². The number of hydrogen-bond donors (Lipinski definition) is 0. The van der Waals surface area contributed by atoms with Gasteiger partial charge >= 0.3 is 0 Å². The first-order valence-corrected chi connectivity index (χ1v) is 14.4. The van der Waals surface area contributed by atoms with E-state index in [1.165, 1.54) is 5.69 Å². The van der Waals surface area contributed by atoms with E-state index in [4.69, 9.17) is 4.98 Å². The molecule has 0 fully saturated rings. The van der Waals surface area contributed by atoms with Crippen molar-refractivity contribution in [2.75, 3.05) is 19.0 Å². The summed E-state index contributed by atoms with van der Waals surface area (Å²) in [7, 11) is 3.22. The minimum atomic E-state index is -0.861. The van der Waals surface area contributed by atoms with Gasteiger partial charge in [0.1, 0.15) is 0 Å². The van der Waals surface area contributed by atoms with Crippen LogP contribution in [0.2, 0.25) is 19.6 Å². The molecule has 0 aliphatic rings. The summed E-state index contributed by atoms with van der Waals surface area (Å²) < 4.78 is 0. The Morgan fingerprint density at radius 1 is 0.667 bits per heavy atom. The van der Waals surface area contributed by atoms with Crippen LogP contribution in [-0.4, -0.2) is 37.1 Å². The molecule has 1 radical (unpaired) electrons. The maximum absolute atomic E-state index is 4.81. The number of pyridine rings is 3. The Bertz CT molecular complexity index is 1060. The van der Waals surface area contributed by atoms with E-state index in [1.807, 2.05) is 50.5 Å². The van der Waals surface area contributed by atoms with Crippen molar-refractivity contribution >= 4 is 13.8 Å².